The highest BCUT2D eigenvalue weighted by atomic mass is 35.5. The van der Waals surface area contributed by atoms with Crippen molar-refractivity contribution in [2.45, 2.75) is 13.3 Å². The van der Waals surface area contributed by atoms with E-state index in [-0.39, 0.29) is 17.1 Å². The summed E-state index contributed by atoms with van der Waals surface area (Å²) in [6.07, 6.45) is -0.149. The van der Waals surface area contributed by atoms with Gasteiger partial charge < -0.3 is 15.2 Å². The number of carbonyl (C=O) groups is 2. The summed E-state index contributed by atoms with van der Waals surface area (Å²) in [4.78, 5) is 22.2. The molecule has 7 heteroatoms. The molecule has 0 aliphatic heterocycles. The summed E-state index contributed by atoms with van der Waals surface area (Å²) in [6, 6.07) is 9.52. The second-order valence-electron chi connectivity index (χ2n) is 5.11. The zero-order valence-electron chi connectivity index (χ0n) is 12.8. The Kier molecular flexibility index (Phi) is 5.76. The Hall–Kier alpha value is -2.60. The molecule has 0 aliphatic rings. The van der Waals surface area contributed by atoms with Crippen molar-refractivity contribution in [1.82, 2.24) is 0 Å². The first-order valence-electron chi connectivity index (χ1n) is 7.05. The van der Waals surface area contributed by atoms with Gasteiger partial charge in [-0.05, 0) is 30.7 Å². The number of para-hydroxylation sites is 1. The van der Waals surface area contributed by atoms with Crippen molar-refractivity contribution in [3.05, 3.63) is 58.4 Å². The molecule has 0 atom stereocenters. The molecular weight excluding hydrogens is 337 g/mol. The Labute approximate surface area is 143 Å². The Morgan fingerprint density at radius 2 is 2.04 bits per heavy atom. The molecule has 126 valence electrons. The molecule has 2 rings (SSSR count). The SMILES string of the molecule is Cc1ccc(Nc2c(F)cccc2Cl)c(CC(=O)OCC(=O)O)c1. The first-order chi connectivity index (χ1) is 11.4. The van der Waals surface area contributed by atoms with Crippen LogP contribution in [0.4, 0.5) is 15.8 Å². The van der Waals surface area contributed by atoms with Crippen molar-refractivity contribution in [2.75, 3.05) is 11.9 Å². The van der Waals surface area contributed by atoms with Crippen molar-refractivity contribution in [3.8, 4) is 0 Å². The molecule has 0 aliphatic carbocycles. The smallest absolute Gasteiger partial charge is 0.341 e. The first-order valence-corrected chi connectivity index (χ1v) is 7.42. The molecular formula is C17H15ClFNO4. The van der Waals surface area contributed by atoms with Crippen LogP contribution in [-0.2, 0) is 20.7 Å². The van der Waals surface area contributed by atoms with Crippen LogP contribution in [0.5, 0.6) is 0 Å². The topological polar surface area (TPSA) is 75.6 Å². The number of ether oxygens (including phenoxy) is 1. The van der Waals surface area contributed by atoms with Crippen LogP contribution in [0.25, 0.3) is 0 Å². The lowest BCUT2D eigenvalue weighted by molar-refractivity contribution is -0.154. The number of esters is 1. The Morgan fingerprint density at radius 1 is 1.29 bits per heavy atom. The molecule has 2 N–H and O–H groups in total. The third kappa shape index (κ3) is 4.70. The van der Waals surface area contributed by atoms with Crippen LogP contribution in [0.1, 0.15) is 11.1 Å². The standard InChI is InChI=1S/C17H15ClFNO4/c1-10-5-6-14(20-17-12(18)3-2-4-13(17)19)11(7-10)8-16(23)24-9-15(21)22/h2-7,20H,8-9H2,1H3,(H,21,22). The van der Waals surface area contributed by atoms with Crippen LogP contribution in [-0.4, -0.2) is 23.7 Å². The normalized spacial score (nSPS) is 10.3. The van der Waals surface area contributed by atoms with E-state index in [2.05, 4.69) is 10.1 Å². The molecule has 0 unspecified atom stereocenters. The Morgan fingerprint density at radius 3 is 2.71 bits per heavy atom. The van der Waals surface area contributed by atoms with Gasteiger partial charge in [-0.2, -0.15) is 0 Å². The van der Waals surface area contributed by atoms with E-state index < -0.39 is 24.4 Å². The first kappa shape index (κ1) is 17.7. The number of carboxylic acid groups (broad SMARTS) is 1. The highest BCUT2D eigenvalue weighted by Gasteiger charge is 2.14. The van der Waals surface area contributed by atoms with Crippen molar-refractivity contribution >= 4 is 34.9 Å². The third-order valence-corrected chi connectivity index (χ3v) is 3.49. The monoisotopic (exact) mass is 351 g/mol. The van der Waals surface area contributed by atoms with Gasteiger partial charge in [0.05, 0.1) is 17.1 Å². The summed E-state index contributed by atoms with van der Waals surface area (Å²) >= 11 is 5.99. The Balaban J connectivity index is 2.24. The van der Waals surface area contributed by atoms with Gasteiger partial charge in [0, 0.05) is 5.69 Å². The lowest BCUT2D eigenvalue weighted by atomic mass is 10.1. The molecule has 0 bridgehead atoms. The fourth-order valence-corrected chi connectivity index (χ4v) is 2.30. The van der Waals surface area contributed by atoms with Gasteiger partial charge in [-0.15, -0.1) is 0 Å². The maximum Gasteiger partial charge on any atom is 0.341 e. The van der Waals surface area contributed by atoms with Gasteiger partial charge in [0.15, 0.2) is 6.61 Å². The minimum atomic E-state index is -1.23. The fraction of sp³-hybridized carbons (Fsp3) is 0.176. The van der Waals surface area contributed by atoms with Crippen LogP contribution in [0.2, 0.25) is 5.02 Å². The summed E-state index contributed by atoms with van der Waals surface area (Å²) in [5.41, 5.74) is 2.02. The van der Waals surface area contributed by atoms with Gasteiger partial charge in [-0.3, -0.25) is 4.79 Å². The summed E-state index contributed by atoms with van der Waals surface area (Å²) < 4.78 is 18.5. The predicted octanol–water partition coefficient (Wildman–Crippen LogP) is 3.70. The number of hydrogen-bond acceptors (Lipinski definition) is 4. The summed E-state index contributed by atoms with van der Waals surface area (Å²) in [5, 5.41) is 11.6. The lowest BCUT2D eigenvalue weighted by Crippen LogP contribution is -2.15. The molecule has 0 aromatic heterocycles. The van der Waals surface area contributed by atoms with E-state index in [1.54, 1.807) is 24.3 Å². The molecule has 2 aromatic rings. The van der Waals surface area contributed by atoms with E-state index in [1.807, 2.05) is 6.92 Å². The number of carboxylic acids is 1. The van der Waals surface area contributed by atoms with E-state index >= 15 is 0 Å². The van der Waals surface area contributed by atoms with Crippen LogP contribution in [0.3, 0.4) is 0 Å². The van der Waals surface area contributed by atoms with Crippen molar-refractivity contribution in [3.63, 3.8) is 0 Å². The zero-order chi connectivity index (χ0) is 17.7. The van der Waals surface area contributed by atoms with Gasteiger partial charge in [-0.1, -0.05) is 35.4 Å². The number of halogens is 2. The second-order valence-corrected chi connectivity index (χ2v) is 5.52. The van der Waals surface area contributed by atoms with Crippen LogP contribution in [0.15, 0.2) is 36.4 Å². The number of hydrogen-bond donors (Lipinski definition) is 2. The van der Waals surface area contributed by atoms with Crippen LogP contribution in [0, 0.1) is 12.7 Å². The number of aliphatic carboxylic acids is 1. The fourth-order valence-electron chi connectivity index (χ4n) is 2.09. The van der Waals surface area contributed by atoms with Gasteiger partial charge >= 0.3 is 11.9 Å². The van der Waals surface area contributed by atoms with Gasteiger partial charge in [0.25, 0.3) is 0 Å². The predicted molar refractivity (Wildman–Crippen MR) is 88.2 cm³/mol. The second kappa shape index (κ2) is 7.79. The van der Waals surface area contributed by atoms with E-state index in [0.717, 1.165) is 5.56 Å². The lowest BCUT2D eigenvalue weighted by Gasteiger charge is -2.14. The molecule has 0 saturated carbocycles. The van der Waals surface area contributed by atoms with Crippen LogP contribution < -0.4 is 5.32 Å². The highest BCUT2D eigenvalue weighted by molar-refractivity contribution is 6.33. The van der Waals surface area contributed by atoms with Gasteiger partial charge in [0.1, 0.15) is 5.82 Å². The van der Waals surface area contributed by atoms with E-state index in [4.69, 9.17) is 16.7 Å². The summed E-state index contributed by atoms with van der Waals surface area (Å²) in [7, 11) is 0. The maximum atomic E-state index is 13.9. The molecule has 2 aromatic carbocycles. The number of anilines is 2. The maximum absolute atomic E-state index is 13.9. The molecule has 0 amide bonds. The van der Waals surface area contributed by atoms with Gasteiger partial charge in [-0.25, -0.2) is 9.18 Å². The van der Waals surface area contributed by atoms with Gasteiger partial charge in [0.2, 0.25) is 0 Å². The van der Waals surface area contributed by atoms with E-state index in [0.29, 0.717) is 11.3 Å². The molecule has 0 radical (unpaired) electrons. The van der Waals surface area contributed by atoms with Crippen LogP contribution >= 0.6 is 11.6 Å². The van der Waals surface area contributed by atoms with Crippen molar-refractivity contribution < 1.29 is 23.8 Å². The highest BCUT2D eigenvalue weighted by Crippen LogP contribution is 2.30. The molecule has 0 heterocycles. The van der Waals surface area contributed by atoms with E-state index in [1.165, 1.54) is 12.1 Å². The van der Waals surface area contributed by atoms with E-state index in [9.17, 15) is 14.0 Å². The van der Waals surface area contributed by atoms with Crippen molar-refractivity contribution in [2.24, 2.45) is 0 Å². The van der Waals surface area contributed by atoms with Crippen molar-refractivity contribution in [1.29, 1.82) is 0 Å². The summed E-state index contributed by atoms with van der Waals surface area (Å²) in [5.74, 6) is -2.45. The molecule has 0 saturated heterocycles. The number of benzene rings is 2. The minimum absolute atomic E-state index is 0.100. The number of aryl methyl sites for hydroxylation is 1. The molecule has 5 nitrogen and oxygen atoms in total. The zero-order valence-corrected chi connectivity index (χ0v) is 13.6. The minimum Gasteiger partial charge on any atom is -0.479 e. The molecule has 0 fully saturated rings. The molecule has 0 spiro atoms. The summed E-state index contributed by atoms with van der Waals surface area (Å²) in [6.45, 7) is 1.14. The largest absolute Gasteiger partial charge is 0.479 e. The average Bonchev–Trinajstić information content (AvgIpc) is 2.51. The number of rotatable bonds is 6. The third-order valence-electron chi connectivity index (χ3n) is 3.17. The molecule has 24 heavy (non-hydrogen) atoms. The number of carbonyl (C=O) groups excluding carboxylic acids is 1. The average molecular weight is 352 g/mol. The number of nitrogens with one attached hydrogen (secondary N) is 1. The Bertz CT molecular complexity index is 759. The quantitative estimate of drug-likeness (QED) is 0.776.